The number of carboxylic acid groups (broad SMARTS) is 1. The average Bonchev–Trinajstić information content (AvgIpc) is 2.19. The van der Waals surface area contributed by atoms with E-state index >= 15 is 0 Å². The molecule has 3 nitrogen and oxygen atoms in total. The Hall–Kier alpha value is -1.49. The molecule has 1 rings (SSSR count). The van der Waals surface area contributed by atoms with E-state index in [-0.39, 0.29) is 18.5 Å². The molecule has 0 aromatic heterocycles. The smallest absolute Gasteiger partial charge is 0.304 e. The molecule has 1 unspecified atom stereocenters. The number of nitrogens with two attached hydrogens (primary N) is 1. The standard InChI is InChI=1S/C10H11F2NO2/c11-8-3-1-2-7(10(8)12)6(5-13)4-9(14)15/h1-3,6H,4-5,13H2,(H,14,15). The zero-order valence-corrected chi connectivity index (χ0v) is 7.91. The van der Waals surface area contributed by atoms with Gasteiger partial charge in [-0.05, 0) is 18.2 Å². The normalized spacial score (nSPS) is 12.5. The highest BCUT2D eigenvalue weighted by Gasteiger charge is 2.19. The summed E-state index contributed by atoms with van der Waals surface area (Å²) in [6.07, 6.45) is -0.309. The Bertz CT molecular complexity index is 368. The summed E-state index contributed by atoms with van der Waals surface area (Å²) in [6.45, 7) is -0.0350. The van der Waals surface area contributed by atoms with Crippen molar-refractivity contribution in [3.8, 4) is 0 Å². The monoisotopic (exact) mass is 215 g/mol. The summed E-state index contributed by atoms with van der Waals surface area (Å²) in [4.78, 5) is 10.5. The molecule has 0 aliphatic carbocycles. The molecule has 0 aliphatic rings. The molecule has 1 aromatic rings. The van der Waals surface area contributed by atoms with Crippen LogP contribution in [-0.2, 0) is 4.79 Å². The van der Waals surface area contributed by atoms with Crippen LogP contribution in [0.25, 0.3) is 0 Å². The van der Waals surface area contributed by atoms with Crippen LogP contribution in [0.3, 0.4) is 0 Å². The minimum absolute atomic E-state index is 0.0138. The van der Waals surface area contributed by atoms with Crippen molar-refractivity contribution in [2.75, 3.05) is 6.54 Å². The number of carbonyl (C=O) groups is 1. The van der Waals surface area contributed by atoms with Gasteiger partial charge in [-0.1, -0.05) is 12.1 Å². The van der Waals surface area contributed by atoms with Gasteiger partial charge in [0.25, 0.3) is 0 Å². The summed E-state index contributed by atoms with van der Waals surface area (Å²) in [5, 5.41) is 8.56. The fraction of sp³-hybridized carbons (Fsp3) is 0.300. The molecule has 3 N–H and O–H groups in total. The van der Waals surface area contributed by atoms with Crippen LogP contribution in [0.4, 0.5) is 8.78 Å². The van der Waals surface area contributed by atoms with Crippen LogP contribution in [0, 0.1) is 11.6 Å². The van der Waals surface area contributed by atoms with Crippen LogP contribution in [0.1, 0.15) is 17.9 Å². The quantitative estimate of drug-likeness (QED) is 0.799. The van der Waals surface area contributed by atoms with Crippen LogP contribution in [0.2, 0.25) is 0 Å². The first-order chi connectivity index (χ1) is 7.06. The fourth-order valence-corrected chi connectivity index (χ4v) is 1.37. The third-order valence-electron chi connectivity index (χ3n) is 2.13. The molecule has 0 fully saturated rings. The zero-order chi connectivity index (χ0) is 11.4. The second-order valence-electron chi connectivity index (χ2n) is 3.17. The van der Waals surface area contributed by atoms with Crippen molar-refractivity contribution in [2.45, 2.75) is 12.3 Å². The highest BCUT2D eigenvalue weighted by molar-refractivity contribution is 5.68. The molecule has 0 amide bonds. The van der Waals surface area contributed by atoms with Gasteiger partial charge >= 0.3 is 5.97 Å². The van der Waals surface area contributed by atoms with Crippen molar-refractivity contribution in [3.05, 3.63) is 35.4 Å². The predicted octanol–water partition coefficient (Wildman–Crippen LogP) is 1.48. The van der Waals surface area contributed by atoms with E-state index in [1.54, 1.807) is 0 Å². The van der Waals surface area contributed by atoms with Gasteiger partial charge in [-0.2, -0.15) is 0 Å². The van der Waals surface area contributed by atoms with Gasteiger partial charge in [0.1, 0.15) is 0 Å². The van der Waals surface area contributed by atoms with Crippen molar-refractivity contribution in [2.24, 2.45) is 5.73 Å². The van der Waals surface area contributed by atoms with Crippen LogP contribution in [-0.4, -0.2) is 17.6 Å². The maximum Gasteiger partial charge on any atom is 0.304 e. The maximum atomic E-state index is 13.3. The summed E-state index contributed by atoms with van der Waals surface area (Å²) in [7, 11) is 0. The molecule has 82 valence electrons. The predicted molar refractivity (Wildman–Crippen MR) is 50.4 cm³/mol. The van der Waals surface area contributed by atoms with E-state index in [1.807, 2.05) is 0 Å². The second-order valence-corrected chi connectivity index (χ2v) is 3.17. The molecule has 0 saturated carbocycles. The summed E-state index contributed by atoms with van der Waals surface area (Å²) in [5.74, 6) is -3.79. The van der Waals surface area contributed by atoms with Gasteiger partial charge in [0.15, 0.2) is 11.6 Å². The Morgan fingerprint density at radius 3 is 2.67 bits per heavy atom. The van der Waals surface area contributed by atoms with Crippen LogP contribution >= 0.6 is 0 Å². The van der Waals surface area contributed by atoms with E-state index in [2.05, 4.69) is 0 Å². The lowest BCUT2D eigenvalue weighted by atomic mass is 9.95. The van der Waals surface area contributed by atoms with Crippen molar-refractivity contribution < 1.29 is 18.7 Å². The van der Waals surface area contributed by atoms with Gasteiger partial charge in [-0.25, -0.2) is 8.78 Å². The van der Waals surface area contributed by atoms with Gasteiger partial charge in [0.05, 0.1) is 6.42 Å². The number of hydrogen-bond acceptors (Lipinski definition) is 2. The molecular formula is C10H11F2NO2. The second kappa shape index (κ2) is 4.84. The van der Waals surface area contributed by atoms with Crippen molar-refractivity contribution >= 4 is 5.97 Å². The highest BCUT2D eigenvalue weighted by Crippen LogP contribution is 2.23. The maximum absolute atomic E-state index is 13.3. The lowest BCUT2D eigenvalue weighted by Gasteiger charge is -2.13. The van der Waals surface area contributed by atoms with Crippen molar-refractivity contribution in [1.82, 2.24) is 0 Å². The van der Waals surface area contributed by atoms with E-state index in [4.69, 9.17) is 10.8 Å². The molecule has 1 aromatic carbocycles. The average molecular weight is 215 g/mol. The molecule has 0 spiro atoms. The number of benzene rings is 1. The van der Waals surface area contributed by atoms with Gasteiger partial charge in [0.2, 0.25) is 0 Å². The molecule has 15 heavy (non-hydrogen) atoms. The first-order valence-corrected chi connectivity index (χ1v) is 4.42. The first kappa shape index (κ1) is 11.6. The minimum Gasteiger partial charge on any atom is -0.481 e. The number of aliphatic carboxylic acids is 1. The van der Waals surface area contributed by atoms with Crippen molar-refractivity contribution in [1.29, 1.82) is 0 Å². The van der Waals surface area contributed by atoms with E-state index in [9.17, 15) is 13.6 Å². The van der Waals surface area contributed by atoms with E-state index in [0.717, 1.165) is 6.07 Å². The van der Waals surface area contributed by atoms with Gasteiger partial charge in [0, 0.05) is 5.92 Å². The van der Waals surface area contributed by atoms with E-state index in [0.29, 0.717) is 0 Å². The number of carboxylic acids is 1. The molecule has 0 bridgehead atoms. The number of hydrogen-bond donors (Lipinski definition) is 2. The molecule has 0 heterocycles. The zero-order valence-electron chi connectivity index (χ0n) is 7.91. The summed E-state index contributed by atoms with van der Waals surface area (Å²) >= 11 is 0. The van der Waals surface area contributed by atoms with Gasteiger partial charge < -0.3 is 10.8 Å². The third-order valence-corrected chi connectivity index (χ3v) is 2.13. The van der Waals surface area contributed by atoms with Gasteiger partial charge in [-0.15, -0.1) is 0 Å². The highest BCUT2D eigenvalue weighted by atomic mass is 19.2. The SMILES string of the molecule is NCC(CC(=O)O)c1cccc(F)c1F. The summed E-state index contributed by atoms with van der Waals surface area (Å²) in [5.41, 5.74) is 5.33. The van der Waals surface area contributed by atoms with Crippen LogP contribution in [0.15, 0.2) is 18.2 Å². The Morgan fingerprint density at radius 1 is 1.47 bits per heavy atom. The Labute approximate surface area is 85.5 Å². The largest absolute Gasteiger partial charge is 0.481 e. The van der Waals surface area contributed by atoms with Crippen molar-refractivity contribution in [3.63, 3.8) is 0 Å². The fourth-order valence-electron chi connectivity index (χ4n) is 1.37. The molecule has 5 heteroatoms. The Balaban J connectivity index is 3.01. The van der Waals surface area contributed by atoms with E-state index in [1.165, 1.54) is 12.1 Å². The van der Waals surface area contributed by atoms with Crippen LogP contribution in [0.5, 0.6) is 0 Å². The Kier molecular flexibility index (Phi) is 3.74. The third kappa shape index (κ3) is 2.73. The summed E-state index contributed by atoms with van der Waals surface area (Å²) in [6, 6.07) is 3.66. The summed E-state index contributed by atoms with van der Waals surface area (Å²) < 4.78 is 26.1. The molecule has 1 atom stereocenters. The van der Waals surface area contributed by atoms with Crippen LogP contribution < -0.4 is 5.73 Å². The number of rotatable bonds is 4. The minimum atomic E-state index is -1.09. The van der Waals surface area contributed by atoms with Gasteiger partial charge in [-0.3, -0.25) is 4.79 Å². The first-order valence-electron chi connectivity index (χ1n) is 4.42. The molecule has 0 aliphatic heterocycles. The topological polar surface area (TPSA) is 63.3 Å². The van der Waals surface area contributed by atoms with E-state index < -0.39 is 23.5 Å². The molecular weight excluding hydrogens is 204 g/mol. The Morgan fingerprint density at radius 2 is 2.13 bits per heavy atom. The lowest BCUT2D eigenvalue weighted by Crippen LogP contribution is -2.17. The lowest BCUT2D eigenvalue weighted by molar-refractivity contribution is -0.137. The number of halogens is 2. The molecule has 0 radical (unpaired) electrons. The molecule has 0 saturated heterocycles.